The van der Waals surface area contributed by atoms with E-state index in [-0.39, 0.29) is 5.91 Å². The summed E-state index contributed by atoms with van der Waals surface area (Å²) in [6, 6.07) is 18.1. The molecule has 2 heterocycles. The minimum Gasteiger partial charge on any atom is -0.352 e. The van der Waals surface area contributed by atoms with Crippen molar-refractivity contribution < 1.29 is 4.79 Å². The van der Waals surface area contributed by atoms with Gasteiger partial charge < -0.3 is 5.32 Å². The van der Waals surface area contributed by atoms with Crippen LogP contribution in [0.3, 0.4) is 0 Å². The van der Waals surface area contributed by atoms with Gasteiger partial charge in [-0.2, -0.15) is 5.10 Å². The number of fused-ring (bicyclic) bond motifs is 1. The summed E-state index contributed by atoms with van der Waals surface area (Å²) in [5, 5.41) is 13.4. The number of carbonyl (C=O) groups excluding carboxylic acids is 1. The van der Waals surface area contributed by atoms with Gasteiger partial charge in [0.25, 0.3) is 5.91 Å². The molecule has 4 rings (SSSR count). The Morgan fingerprint density at radius 2 is 1.88 bits per heavy atom. The topological polar surface area (TPSA) is 57.8 Å². The molecule has 25 heavy (non-hydrogen) atoms. The molecule has 0 aliphatic carbocycles. The molecule has 0 unspecified atom stereocenters. The summed E-state index contributed by atoms with van der Waals surface area (Å²) in [7, 11) is 0. The van der Waals surface area contributed by atoms with Crippen LogP contribution in [-0.2, 0) is 6.42 Å². The normalized spacial score (nSPS) is 10.9. The highest BCUT2D eigenvalue weighted by Gasteiger charge is 2.14. The lowest BCUT2D eigenvalue weighted by Crippen LogP contribution is -2.25. The molecule has 5 heteroatoms. The zero-order valence-corrected chi connectivity index (χ0v) is 14.3. The number of rotatable bonds is 5. The Hall–Kier alpha value is -2.92. The lowest BCUT2D eigenvalue weighted by molar-refractivity contribution is 0.0955. The van der Waals surface area contributed by atoms with Crippen LogP contribution >= 0.6 is 11.3 Å². The van der Waals surface area contributed by atoms with Crippen molar-refractivity contribution in [1.82, 2.24) is 15.5 Å². The summed E-state index contributed by atoms with van der Waals surface area (Å²) in [5.41, 5.74) is 3.55. The minimum atomic E-state index is -0.105. The Balaban J connectivity index is 1.44. The minimum absolute atomic E-state index is 0.105. The molecule has 2 N–H and O–H groups in total. The van der Waals surface area contributed by atoms with Crippen LogP contribution < -0.4 is 5.32 Å². The Morgan fingerprint density at radius 1 is 1.08 bits per heavy atom. The van der Waals surface area contributed by atoms with E-state index in [2.05, 4.69) is 45.2 Å². The van der Waals surface area contributed by atoms with Crippen molar-refractivity contribution in [2.75, 3.05) is 6.54 Å². The van der Waals surface area contributed by atoms with E-state index in [0.717, 1.165) is 17.7 Å². The van der Waals surface area contributed by atoms with Gasteiger partial charge >= 0.3 is 0 Å². The zero-order valence-electron chi connectivity index (χ0n) is 13.5. The first kappa shape index (κ1) is 15.6. The maximum absolute atomic E-state index is 12.5. The van der Waals surface area contributed by atoms with E-state index in [1.165, 1.54) is 15.6 Å². The van der Waals surface area contributed by atoms with Gasteiger partial charge in [0.05, 0.1) is 17.5 Å². The molecule has 0 saturated carbocycles. The highest BCUT2D eigenvalue weighted by atomic mass is 32.1. The molecule has 2 aromatic heterocycles. The van der Waals surface area contributed by atoms with Crippen molar-refractivity contribution in [3.63, 3.8) is 0 Å². The Morgan fingerprint density at radius 3 is 2.76 bits per heavy atom. The van der Waals surface area contributed by atoms with E-state index in [4.69, 9.17) is 0 Å². The predicted octanol–water partition coefficient (Wildman–Crippen LogP) is 4.26. The molecule has 2 aromatic carbocycles. The fraction of sp³-hybridized carbons (Fsp3) is 0.100. The average Bonchev–Trinajstić information content (AvgIpc) is 3.30. The molecule has 0 atom stereocenters. The third-order valence-corrected chi connectivity index (χ3v) is 5.20. The van der Waals surface area contributed by atoms with Crippen molar-refractivity contribution in [2.45, 2.75) is 6.42 Å². The Labute approximate surface area is 149 Å². The molecule has 0 aliphatic rings. The van der Waals surface area contributed by atoms with Crippen molar-refractivity contribution in [2.24, 2.45) is 0 Å². The molecule has 0 fully saturated rings. The number of amides is 1. The number of thiophene rings is 1. The molecular weight excluding hydrogens is 330 g/mol. The summed E-state index contributed by atoms with van der Waals surface area (Å²) in [4.78, 5) is 12.5. The lowest BCUT2D eigenvalue weighted by atomic mass is 10.1. The molecule has 4 nitrogen and oxygen atoms in total. The standard InChI is InChI=1S/C20H17N3OS/c24-20(17-12-22-23-19(17)14-6-2-1-3-7-14)21-11-10-15-13-25-18-9-5-4-8-16(15)18/h1-9,12-13H,10-11H2,(H,21,24)(H,22,23). The first-order chi connectivity index (χ1) is 12.3. The Bertz CT molecular complexity index is 1000. The number of nitrogens with zero attached hydrogens (tertiary/aromatic N) is 1. The van der Waals surface area contributed by atoms with Gasteiger partial charge in [-0.3, -0.25) is 9.89 Å². The van der Waals surface area contributed by atoms with Crippen molar-refractivity contribution in [3.8, 4) is 11.3 Å². The summed E-state index contributed by atoms with van der Waals surface area (Å²) >= 11 is 1.74. The van der Waals surface area contributed by atoms with Crippen LogP contribution in [0.15, 0.2) is 66.2 Å². The maximum Gasteiger partial charge on any atom is 0.255 e. The molecule has 0 radical (unpaired) electrons. The number of aromatic nitrogens is 2. The highest BCUT2D eigenvalue weighted by molar-refractivity contribution is 7.17. The van der Waals surface area contributed by atoms with E-state index < -0.39 is 0 Å². The molecule has 0 bridgehead atoms. The number of hydrogen-bond acceptors (Lipinski definition) is 3. The summed E-state index contributed by atoms with van der Waals surface area (Å²) in [6.45, 7) is 0.596. The van der Waals surface area contributed by atoms with Crippen LogP contribution in [0.5, 0.6) is 0 Å². The number of benzene rings is 2. The van der Waals surface area contributed by atoms with Crippen molar-refractivity contribution in [3.05, 3.63) is 77.3 Å². The van der Waals surface area contributed by atoms with Gasteiger partial charge in [-0.1, -0.05) is 48.5 Å². The van der Waals surface area contributed by atoms with Gasteiger partial charge in [-0.25, -0.2) is 0 Å². The molecule has 1 amide bonds. The van der Waals surface area contributed by atoms with Crippen LogP contribution in [-0.4, -0.2) is 22.6 Å². The second-order valence-corrected chi connectivity index (χ2v) is 6.70. The van der Waals surface area contributed by atoms with Gasteiger partial charge in [0.1, 0.15) is 0 Å². The number of nitrogens with one attached hydrogen (secondary N) is 2. The van der Waals surface area contributed by atoms with Gasteiger partial charge in [0, 0.05) is 16.8 Å². The van der Waals surface area contributed by atoms with Gasteiger partial charge in [0.2, 0.25) is 0 Å². The molecule has 0 aliphatic heterocycles. The molecule has 0 spiro atoms. The predicted molar refractivity (Wildman–Crippen MR) is 102 cm³/mol. The van der Waals surface area contributed by atoms with Crippen LogP contribution in [0.2, 0.25) is 0 Å². The number of hydrogen-bond donors (Lipinski definition) is 2. The van der Waals surface area contributed by atoms with Gasteiger partial charge in [-0.05, 0) is 28.8 Å². The van der Waals surface area contributed by atoms with Crippen LogP contribution in [0, 0.1) is 0 Å². The number of carbonyl (C=O) groups is 1. The largest absolute Gasteiger partial charge is 0.352 e. The summed E-state index contributed by atoms with van der Waals surface area (Å²) in [5.74, 6) is -0.105. The quantitative estimate of drug-likeness (QED) is 0.566. The van der Waals surface area contributed by atoms with Crippen LogP contribution in [0.1, 0.15) is 15.9 Å². The summed E-state index contributed by atoms with van der Waals surface area (Å²) < 4.78 is 1.28. The van der Waals surface area contributed by atoms with Crippen LogP contribution in [0.25, 0.3) is 21.3 Å². The molecular formula is C20H17N3OS. The molecule has 0 saturated heterocycles. The lowest BCUT2D eigenvalue weighted by Gasteiger charge is -2.06. The monoisotopic (exact) mass is 347 g/mol. The second kappa shape index (κ2) is 6.91. The average molecular weight is 347 g/mol. The smallest absolute Gasteiger partial charge is 0.255 e. The third kappa shape index (κ3) is 3.19. The van der Waals surface area contributed by atoms with Gasteiger partial charge in [-0.15, -0.1) is 11.3 Å². The van der Waals surface area contributed by atoms with E-state index in [1.807, 2.05) is 30.3 Å². The van der Waals surface area contributed by atoms with E-state index in [1.54, 1.807) is 17.5 Å². The molecule has 124 valence electrons. The Kier molecular flexibility index (Phi) is 4.31. The fourth-order valence-corrected chi connectivity index (χ4v) is 3.91. The van der Waals surface area contributed by atoms with E-state index in [9.17, 15) is 4.79 Å². The van der Waals surface area contributed by atoms with Crippen molar-refractivity contribution >= 4 is 27.3 Å². The van der Waals surface area contributed by atoms with E-state index in [0.29, 0.717) is 12.1 Å². The van der Waals surface area contributed by atoms with E-state index >= 15 is 0 Å². The fourth-order valence-electron chi connectivity index (χ4n) is 2.92. The van der Waals surface area contributed by atoms with Crippen LogP contribution in [0.4, 0.5) is 0 Å². The number of H-pyrrole nitrogens is 1. The maximum atomic E-state index is 12.5. The molecule has 4 aromatic rings. The summed E-state index contributed by atoms with van der Waals surface area (Å²) in [6.07, 6.45) is 2.39. The first-order valence-corrected chi connectivity index (χ1v) is 9.03. The zero-order chi connectivity index (χ0) is 17.1. The van der Waals surface area contributed by atoms with Crippen molar-refractivity contribution in [1.29, 1.82) is 0 Å². The first-order valence-electron chi connectivity index (χ1n) is 8.15. The second-order valence-electron chi connectivity index (χ2n) is 5.79. The third-order valence-electron chi connectivity index (χ3n) is 4.19. The SMILES string of the molecule is O=C(NCCc1csc2ccccc12)c1cn[nH]c1-c1ccccc1. The van der Waals surface area contributed by atoms with Gasteiger partial charge in [0.15, 0.2) is 0 Å². The number of aromatic amines is 1. The highest BCUT2D eigenvalue weighted by Crippen LogP contribution is 2.26.